The minimum absolute atomic E-state index is 0.0699. The highest BCUT2D eigenvalue weighted by atomic mass is 16.5. The Morgan fingerprint density at radius 1 is 1.20 bits per heavy atom. The zero-order valence-corrected chi connectivity index (χ0v) is 14.2. The molecule has 3 N–H and O–H groups in total. The Balaban J connectivity index is 4.39. The third-order valence-electron chi connectivity index (χ3n) is 3.42. The van der Waals surface area contributed by atoms with Gasteiger partial charge in [-0.05, 0) is 52.4 Å². The molecule has 0 aliphatic rings. The summed E-state index contributed by atoms with van der Waals surface area (Å²) in [5.74, 6) is -1.06. The molecule has 0 rings (SSSR count). The first kappa shape index (κ1) is 19.4. The van der Waals surface area contributed by atoms with E-state index in [2.05, 4.69) is 27.7 Å². The van der Waals surface area contributed by atoms with E-state index in [1.165, 1.54) is 0 Å². The lowest BCUT2D eigenvalue weighted by Gasteiger charge is -2.36. The number of hydrogen-bond donors (Lipinski definition) is 2. The number of nitrogens with two attached hydrogens (primary N) is 1. The number of carboxylic acid groups (broad SMARTS) is 1. The largest absolute Gasteiger partial charge is 0.481 e. The van der Waals surface area contributed by atoms with Crippen LogP contribution < -0.4 is 5.73 Å². The second-order valence-corrected chi connectivity index (χ2v) is 8.13. The van der Waals surface area contributed by atoms with Crippen molar-refractivity contribution in [1.82, 2.24) is 0 Å². The summed E-state index contributed by atoms with van der Waals surface area (Å²) >= 11 is 0. The van der Waals surface area contributed by atoms with Crippen LogP contribution in [0.2, 0.25) is 0 Å². The summed E-state index contributed by atoms with van der Waals surface area (Å²) in [6.45, 7) is 14.7. The molecule has 0 aromatic carbocycles. The summed E-state index contributed by atoms with van der Waals surface area (Å²) in [6.07, 6.45) is 2.28. The standard InChI is InChI=1S/C16H33NO3/c1-12(13(18)19)10-14(2,3)11-16(6,7)20-9-8-15(4,5)17/h12H,8-11,17H2,1-7H3,(H,18,19). The molecule has 1 atom stereocenters. The summed E-state index contributed by atoms with van der Waals surface area (Å²) in [5, 5.41) is 9.03. The predicted octanol–water partition coefficient (Wildman–Crippen LogP) is 3.44. The summed E-state index contributed by atoms with van der Waals surface area (Å²) in [7, 11) is 0. The van der Waals surface area contributed by atoms with Crippen LogP contribution in [0.1, 0.15) is 67.7 Å². The monoisotopic (exact) mass is 287 g/mol. The topological polar surface area (TPSA) is 72.5 Å². The average molecular weight is 287 g/mol. The Bertz CT molecular complexity index is 316. The van der Waals surface area contributed by atoms with Gasteiger partial charge in [-0.15, -0.1) is 0 Å². The Kier molecular flexibility index (Phi) is 6.69. The maximum Gasteiger partial charge on any atom is 0.306 e. The molecule has 0 aliphatic carbocycles. The normalized spacial score (nSPS) is 15.2. The lowest BCUT2D eigenvalue weighted by molar-refractivity contribution is -0.142. The van der Waals surface area contributed by atoms with Gasteiger partial charge < -0.3 is 15.6 Å². The van der Waals surface area contributed by atoms with Crippen molar-refractivity contribution >= 4 is 5.97 Å². The zero-order valence-electron chi connectivity index (χ0n) is 14.2. The van der Waals surface area contributed by atoms with E-state index in [-0.39, 0.29) is 22.5 Å². The van der Waals surface area contributed by atoms with Crippen molar-refractivity contribution in [1.29, 1.82) is 0 Å². The van der Waals surface area contributed by atoms with Gasteiger partial charge in [0.25, 0.3) is 0 Å². The van der Waals surface area contributed by atoms with Gasteiger partial charge in [0.1, 0.15) is 0 Å². The molecular formula is C16H33NO3. The maximum absolute atomic E-state index is 11.0. The average Bonchev–Trinajstić information content (AvgIpc) is 2.11. The molecule has 0 aromatic heterocycles. The molecule has 4 nitrogen and oxygen atoms in total. The van der Waals surface area contributed by atoms with Crippen molar-refractivity contribution in [2.24, 2.45) is 17.1 Å². The maximum atomic E-state index is 11.0. The summed E-state index contributed by atoms with van der Waals surface area (Å²) < 4.78 is 5.96. The van der Waals surface area contributed by atoms with Crippen LogP contribution >= 0.6 is 0 Å². The quantitative estimate of drug-likeness (QED) is 0.681. The third-order valence-corrected chi connectivity index (χ3v) is 3.42. The van der Waals surface area contributed by atoms with Crippen LogP contribution in [0.5, 0.6) is 0 Å². The molecule has 0 heterocycles. The van der Waals surface area contributed by atoms with Crippen LogP contribution in [0.15, 0.2) is 0 Å². The zero-order chi connectivity index (χ0) is 16.2. The third kappa shape index (κ3) is 9.32. The molecule has 120 valence electrons. The molecule has 0 radical (unpaired) electrons. The van der Waals surface area contributed by atoms with Gasteiger partial charge in [0.05, 0.1) is 11.5 Å². The SMILES string of the molecule is CC(CC(C)(C)CC(C)(C)OCCC(C)(C)N)C(=O)O. The lowest BCUT2D eigenvalue weighted by Crippen LogP contribution is -2.37. The highest BCUT2D eigenvalue weighted by Gasteiger charge is 2.32. The van der Waals surface area contributed by atoms with Crippen molar-refractivity contribution in [3.8, 4) is 0 Å². The van der Waals surface area contributed by atoms with E-state index in [0.29, 0.717) is 13.0 Å². The molecule has 0 saturated carbocycles. The predicted molar refractivity (Wildman–Crippen MR) is 82.7 cm³/mol. The number of rotatable bonds is 9. The number of carbonyl (C=O) groups is 1. The van der Waals surface area contributed by atoms with Crippen molar-refractivity contribution < 1.29 is 14.6 Å². The Hall–Kier alpha value is -0.610. The fourth-order valence-electron chi connectivity index (χ4n) is 2.78. The molecule has 20 heavy (non-hydrogen) atoms. The molecule has 0 saturated heterocycles. The first-order valence-electron chi connectivity index (χ1n) is 7.40. The fraction of sp³-hybridized carbons (Fsp3) is 0.938. The van der Waals surface area contributed by atoms with E-state index < -0.39 is 5.97 Å². The van der Waals surface area contributed by atoms with Gasteiger partial charge in [-0.1, -0.05) is 20.8 Å². The summed E-state index contributed by atoms with van der Waals surface area (Å²) in [5.41, 5.74) is 5.39. The van der Waals surface area contributed by atoms with Gasteiger partial charge in [-0.2, -0.15) is 0 Å². The van der Waals surface area contributed by atoms with Crippen molar-refractivity contribution in [2.45, 2.75) is 78.9 Å². The van der Waals surface area contributed by atoms with Gasteiger partial charge in [-0.3, -0.25) is 4.79 Å². The Morgan fingerprint density at radius 3 is 2.10 bits per heavy atom. The van der Waals surface area contributed by atoms with Crippen molar-refractivity contribution in [3.05, 3.63) is 0 Å². The van der Waals surface area contributed by atoms with E-state index in [4.69, 9.17) is 15.6 Å². The van der Waals surface area contributed by atoms with Crippen LogP contribution in [-0.4, -0.2) is 28.8 Å². The molecule has 0 aromatic rings. The highest BCUT2D eigenvalue weighted by molar-refractivity contribution is 5.69. The number of ether oxygens (including phenoxy) is 1. The fourth-order valence-corrected chi connectivity index (χ4v) is 2.78. The van der Waals surface area contributed by atoms with Gasteiger partial charge in [0.15, 0.2) is 0 Å². The number of aliphatic carboxylic acids is 1. The molecule has 4 heteroatoms. The van der Waals surface area contributed by atoms with Gasteiger partial charge in [-0.25, -0.2) is 0 Å². The minimum atomic E-state index is -0.735. The van der Waals surface area contributed by atoms with Crippen LogP contribution in [0.4, 0.5) is 0 Å². The lowest BCUT2D eigenvalue weighted by atomic mass is 9.76. The van der Waals surface area contributed by atoms with Crippen LogP contribution in [-0.2, 0) is 9.53 Å². The Labute approximate surface area is 124 Å². The van der Waals surface area contributed by atoms with Gasteiger partial charge >= 0.3 is 5.97 Å². The van der Waals surface area contributed by atoms with Gasteiger partial charge in [0, 0.05) is 12.1 Å². The second-order valence-electron chi connectivity index (χ2n) is 8.13. The molecule has 0 aliphatic heterocycles. The summed E-state index contributed by atoms with van der Waals surface area (Å²) in [6, 6.07) is 0. The molecule has 0 bridgehead atoms. The van der Waals surface area contributed by atoms with Crippen molar-refractivity contribution in [3.63, 3.8) is 0 Å². The first-order chi connectivity index (χ1) is 8.74. The molecule has 0 fully saturated rings. The molecule has 1 unspecified atom stereocenters. The smallest absolute Gasteiger partial charge is 0.306 e. The second kappa shape index (κ2) is 6.90. The van der Waals surface area contributed by atoms with E-state index in [9.17, 15) is 4.79 Å². The number of carboxylic acids is 1. The molecule has 0 spiro atoms. The van der Waals surface area contributed by atoms with Crippen LogP contribution in [0, 0.1) is 11.3 Å². The van der Waals surface area contributed by atoms with E-state index in [1.807, 2.05) is 13.8 Å². The van der Waals surface area contributed by atoms with Gasteiger partial charge in [0.2, 0.25) is 0 Å². The van der Waals surface area contributed by atoms with Crippen molar-refractivity contribution in [2.75, 3.05) is 6.61 Å². The summed E-state index contributed by atoms with van der Waals surface area (Å²) in [4.78, 5) is 11.0. The van der Waals surface area contributed by atoms with E-state index in [0.717, 1.165) is 12.8 Å². The number of hydrogen-bond acceptors (Lipinski definition) is 3. The van der Waals surface area contributed by atoms with Crippen LogP contribution in [0.3, 0.4) is 0 Å². The van der Waals surface area contributed by atoms with E-state index in [1.54, 1.807) is 6.92 Å². The molecular weight excluding hydrogens is 254 g/mol. The minimum Gasteiger partial charge on any atom is -0.481 e. The highest BCUT2D eigenvalue weighted by Crippen LogP contribution is 2.36. The van der Waals surface area contributed by atoms with E-state index >= 15 is 0 Å². The Morgan fingerprint density at radius 2 is 1.70 bits per heavy atom. The molecule has 0 amide bonds. The first-order valence-corrected chi connectivity index (χ1v) is 7.40. The van der Waals surface area contributed by atoms with Crippen LogP contribution in [0.25, 0.3) is 0 Å².